The SMILES string of the molecule is CC(C)(CNC1CCN(Cc2ccccc2)C1)S(C)(=O)=O. The lowest BCUT2D eigenvalue weighted by atomic mass is 10.2. The Morgan fingerprint density at radius 2 is 1.95 bits per heavy atom. The molecule has 5 heteroatoms. The molecule has 1 atom stereocenters. The first-order valence-corrected chi connectivity index (χ1v) is 9.36. The number of sulfone groups is 1. The van der Waals surface area contributed by atoms with Crippen molar-refractivity contribution in [1.29, 1.82) is 0 Å². The molecule has 118 valence electrons. The minimum Gasteiger partial charge on any atom is -0.311 e. The van der Waals surface area contributed by atoms with Gasteiger partial charge in [0.05, 0.1) is 4.75 Å². The van der Waals surface area contributed by atoms with Crippen LogP contribution in [-0.2, 0) is 16.4 Å². The second-order valence-corrected chi connectivity index (χ2v) is 9.27. The topological polar surface area (TPSA) is 49.4 Å². The fourth-order valence-corrected chi connectivity index (χ4v) is 2.85. The number of nitrogens with one attached hydrogen (secondary N) is 1. The molecule has 1 fully saturated rings. The fraction of sp³-hybridized carbons (Fsp3) is 0.625. The third-order valence-electron chi connectivity index (χ3n) is 4.34. The third kappa shape index (κ3) is 4.53. The molecule has 1 aromatic carbocycles. The first-order valence-electron chi connectivity index (χ1n) is 7.47. The van der Waals surface area contributed by atoms with E-state index in [2.05, 4.69) is 34.5 Å². The van der Waals surface area contributed by atoms with Crippen molar-refractivity contribution in [2.75, 3.05) is 25.9 Å². The van der Waals surface area contributed by atoms with Gasteiger partial charge in [0.1, 0.15) is 0 Å². The van der Waals surface area contributed by atoms with Gasteiger partial charge in [-0.1, -0.05) is 30.3 Å². The van der Waals surface area contributed by atoms with Crippen LogP contribution in [0.1, 0.15) is 25.8 Å². The van der Waals surface area contributed by atoms with Crippen LogP contribution in [0.2, 0.25) is 0 Å². The van der Waals surface area contributed by atoms with Crippen molar-refractivity contribution >= 4 is 9.84 Å². The predicted octanol–water partition coefficient (Wildman–Crippen LogP) is 1.67. The van der Waals surface area contributed by atoms with Crippen molar-refractivity contribution in [1.82, 2.24) is 10.2 Å². The highest BCUT2D eigenvalue weighted by Gasteiger charge is 2.32. The largest absolute Gasteiger partial charge is 0.311 e. The lowest BCUT2D eigenvalue weighted by Crippen LogP contribution is -2.46. The number of hydrogen-bond acceptors (Lipinski definition) is 4. The summed E-state index contributed by atoms with van der Waals surface area (Å²) in [4.78, 5) is 2.42. The molecule has 1 N–H and O–H groups in total. The molecule has 1 unspecified atom stereocenters. The molecule has 0 amide bonds. The monoisotopic (exact) mass is 310 g/mol. The molecule has 0 radical (unpaired) electrons. The zero-order valence-corrected chi connectivity index (χ0v) is 14.0. The maximum Gasteiger partial charge on any atom is 0.153 e. The highest BCUT2D eigenvalue weighted by atomic mass is 32.2. The van der Waals surface area contributed by atoms with Crippen LogP contribution >= 0.6 is 0 Å². The molecule has 4 nitrogen and oxygen atoms in total. The Labute approximate surface area is 128 Å². The van der Waals surface area contributed by atoms with E-state index in [1.165, 1.54) is 11.8 Å². The van der Waals surface area contributed by atoms with Crippen LogP contribution in [0.25, 0.3) is 0 Å². The zero-order valence-electron chi connectivity index (χ0n) is 13.2. The van der Waals surface area contributed by atoms with Crippen molar-refractivity contribution < 1.29 is 8.42 Å². The van der Waals surface area contributed by atoms with E-state index in [9.17, 15) is 8.42 Å². The smallest absolute Gasteiger partial charge is 0.153 e. The number of benzene rings is 1. The average Bonchev–Trinajstić information content (AvgIpc) is 2.84. The van der Waals surface area contributed by atoms with Gasteiger partial charge in [0.25, 0.3) is 0 Å². The van der Waals surface area contributed by atoms with E-state index >= 15 is 0 Å². The predicted molar refractivity (Wildman–Crippen MR) is 87.0 cm³/mol. The molecule has 2 rings (SSSR count). The summed E-state index contributed by atoms with van der Waals surface area (Å²) >= 11 is 0. The Morgan fingerprint density at radius 1 is 1.29 bits per heavy atom. The van der Waals surface area contributed by atoms with E-state index < -0.39 is 14.6 Å². The minimum atomic E-state index is -3.03. The summed E-state index contributed by atoms with van der Waals surface area (Å²) in [7, 11) is -3.03. The van der Waals surface area contributed by atoms with Crippen LogP contribution < -0.4 is 5.32 Å². The third-order valence-corrected chi connectivity index (χ3v) is 6.49. The summed E-state index contributed by atoms with van der Waals surface area (Å²) in [5.41, 5.74) is 1.33. The summed E-state index contributed by atoms with van der Waals surface area (Å²) in [6.45, 7) is 7.09. The standard InChI is InChI=1S/C16H26N2O2S/c1-16(2,21(3,19)20)13-17-15-9-10-18(12-15)11-14-7-5-4-6-8-14/h4-8,15,17H,9-13H2,1-3H3. The van der Waals surface area contributed by atoms with Gasteiger partial charge in [0.15, 0.2) is 9.84 Å². The summed E-state index contributed by atoms with van der Waals surface area (Å²) in [5, 5.41) is 3.42. The van der Waals surface area contributed by atoms with Gasteiger partial charge >= 0.3 is 0 Å². The maximum absolute atomic E-state index is 11.7. The van der Waals surface area contributed by atoms with Gasteiger partial charge in [-0.25, -0.2) is 8.42 Å². The lowest BCUT2D eigenvalue weighted by Gasteiger charge is -2.25. The van der Waals surface area contributed by atoms with Gasteiger partial charge in [-0.15, -0.1) is 0 Å². The molecule has 1 aromatic rings. The van der Waals surface area contributed by atoms with Gasteiger partial charge in [-0.3, -0.25) is 4.90 Å². The quantitative estimate of drug-likeness (QED) is 0.868. The van der Waals surface area contributed by atoms with Crippen molar-refractivity contribution in [2.24, 2.45) is 0 Å². The summed E-state index contributed by atoms with van der Waals surface area (Å²) in [5.74, 6) is 0. The number of hydrogen-bond donors (Lipinski definition) is 1. The van der Waals surface area contributed by atoms with E-state index in [0.717, 1.165) is 26.1 Å². The zero-order chi connectivity index (χ0) is 15.5. The van der Waals surface area contributed by atoms with Crippen LogP contribution in [0.4, 0.5) is 0 Å². The summed E-state index contributed by atoms with van der Waals surface area (Å²) in [6.07, 6.45) is 2.39. The second kappa shape index (κ2) is 6.46. The van der Waals surface area contributed by atoms with Crippen molar-refractivity contribution in [3.8, 4) is 0 Å². The van der Waals surface area contributed by atoms with E-state index in [4.69, 9.17) is 0 Å². The molecule has 0 spiro atoms. The Kier molecular flexibility index (Phi) is 5.07. The molecule has 0 aliphatic carbocycles. The average molecular weight is 310 g/mol. The second-order valence-electron chi connectivity index (χ2n) is 6.62. The van der Waals surface area contributed by atoms with Crippen molar-refractivity contribution in [2.45, 2.75) is 37.6 Å². The van der Waals surface area contributed by atoms with Crippen LogP contribution in [0.3, 0.4) is 0 Å². The van der Waals surface area contributed by atoms with Gasteiger partial charge in [-0.05, 0) is 25.8 Å². The highest BCUT2D eigenvalue weighted by molar-refractivity contribution is 7.92. The first kappa shape index (κ1) is 16.5. The Hall–Kier alpha value is -0.910. The van der Waals surface area contributed by atoms with Gasteiger partial charge in [0, 0.05) is 38.5 Å². The van der Waals surface area contributed by atoms with Crippen molar-refractivity contribution in [3.05, 3.63) is 35.9 Å². The molecule has 1 saturated heterocycles. The van der Waals surface area contributed by atoms with E-state index in [0.29, 0.717) is 12.6 Å². The Morgan fingerprint density at radius 3 is 2.57 bits per heavy atom. The first-order chi connectivity index (χ1) is 9.78. The number of rotatable bonds is 6. The maximum atomic E-state index is 11.7. The van der Waals surface area contributed by atoms with Gasteiger partial charge < -0.3 is 5.32 Å². The van der Waals surface area contributed by atoms with Crippen LogP contribution in [-0.4, -0.2) is 50.0 Å². The highest BCUT2D eigenvalue weighted by Crippen LogP contribution is 2.17. The molecule has 0 aromatic heterocycles. The molecule has 0 saturated carbocycles. The van der Waals surface area contributed by atoms with Crippen molar-refractivity contribution in [3.63, 3.8) is 0 Å². The molecular formula is C16H26N2O2S. The molecular weight excluding hydrogens is 284 g/mol. The molecule has 21 heavy (non-hydrogen) atoms. The molecule has 1 aliphatic rings. The van der Waals surface area contributed by atoms with Crippen LogP contribution in [0.5, 0.6) is 0 Å². The van der Waals surface area contributed by atoms with Gasteiger partial charge in [0.2, 0.25) is 0 Å². The van der Waals surface area contributed by atoms with E-state index in [1.54, 1.807) is 13.8 Å². The summed E-state index contributed by atoms with van der Waals surface area (Å²) < 4.78 is 22.7. The van der Waals surface area contributed by atoms with E-state index in [1.807, 2.05) is 6.07 Å². The van der Waals surface area contributed by atoms with Gasteiger partial charge in [-0.2, -0.15) is 0 Å². The van der Waals surface area contributed by atoms with E-state index in [-0.39, 0.29) is 0 Å². The fourth-order valence-electron chi connectivity index (χ4n) is 2.51. The molecule has 1 aliphatic heterocycles. The Balaban J connectivity index is 1.81. The molecule has 1 heterocycles. The van der Waals surface area contributed by atoms with Crippen LogP contribution in [0, 0.1) is 0 Å². The summed E-state index contributed by atoms with van der Waals surface area (Å²) in [6, 6.07) is 10.8. The van der Waals surface area contributed by atoms with Crippen LogP contribution in [0.15, 0.2) is 30.3 Å². The lowest BCUT2D eigenvalue weighted by molar-refractivity contribution is 0.318. The normalized spacial score (nSPS) is 20.8. The molecule has 0 bridgehead atoms. The number of nitrogens with zero attached hydrogens (tertiary/aromatic N) is 1. The number of likely N-dealkylation sites (tertiary alicyclic amines) is 1. The Bertz CT molecular complexity index is 555. The minimum absolute atomic E-state index is 0.384.